The molecule has 0 atom stereocenters. The molecule has 1 heterocycles. The van der Waals surface area contributed by atoms with Crippen molar-refractivity contribution in [3.63, 3.8) is 0 Å². The second-order valence-electron chi connectivity index (χ2n) is 7.30. The van der Waals surface area contributed by atoms with Crippen LogP contribution in [0.4, 0.5) is 11.5 Å². The van der Waals surface area contributed by atoms with E-state index in [0.717, 1.165) is 18.5 Å². The molecule has 1 amide bonds. The molecular formula is C22H28N4O. The van der Waals surface area contributed by atoms with E-state index in [1.165, 1.54) is 36.6 Å². The van der Waals surface area contributed by atoms with Crippen molar-refractivity contribution in [2.75, 3.05) is 11.9 Å². The van der Waals surface area contributed by atoms with E-state index in [1.54, 1.807) is 6.20 Å². The van der Waals surface area contributed by atoms with Gasteiger partial charge in [-0.3, -0.25) is 4.79 Å². The highest BCUT2D eigenvalue weighted by molar-refractivity contribution is 5.92. The zero-order valence-corrected chi connectivity index (χ0v) is 16.2. The van der Waals surface area contributed by atoms with E-state index in [1.807, 2.05) is 12.1 Å². The summed E-state index contributed by atoms with van der Waals surface area (Å²) in [6.45, 7) is 4.99. The summed E-state index contributed by atoms with van der Waals surface area (Å²) in [5.74, 6) is 0.953. The summed E-state index contributed by atoms with van der Waals surface area (Å²) in [4.78, 5) is 20.7. The Morgan fingerprint density at radius 3 is 2.56 bits per heavy atom. The maximum Gasteiger partial charge on any atom is 0.271 e. The van der Waals surface area contributed by atoms with Crippen LogP contribution < -0.4 is 10.6 Å². The Hall–Kier alpha value is -2.69. The number of hydrogen-bond acceptors (Lipinski definition) is 4. The maximum atomic E-state index is 12.2. The van der Waals surface area contributed by atoms with Gasteiger partial charge in [0.1, 0.15) is 11.5 Å². The number of anilines is 2. The molecule has 0 unspecified atom stereocenters. The number of hydrogen-bond donors (Lipinski definition) is 2. The highest BCUT2D eigenvalue weighted by atomic mass is 16.1. The van der Waals surface area contributed by atoms with Crippen molar-refractivity contribution in [1.29, 1.82) is 0 Å². The zero-order chi connectivity index (χ0) is 19.1. The number of carbonyl (C=O) groups is 1. The number of amides is 1. The molecule has 0 saturated heterocycles. The predicted octanol–water partition coefficient (Wildman–Crippen LogP) is 4.96. The highest BCUT2D eigenvalue weighted by Crippen LogP contribution is 2.20. The topological polar surface area (TPSA) is 66.9 Å². The van der Waals surface area contributed by atoms with Gasteiger partial charge in [-0.25, -0.2) is 9.97 Å². The fourth-order valence-electron chi connectivity index (χ4n) is 3.17. The Kier molecular flexibility index (Phi) is 6.58. The molecule has 1 aliphatic carbocycles. The smallest absolute Gasteiger partial charge is 0.271 e. The van der Waals surface area contributed by atoms with Gasteiger partial charge in [0.05, 0.1) is 12.4 Å². The van der Waals surface area contributed by atoms with Crippen LogP contribution in [-0.4, -0.2) is 22.4 Å². The summed E-state index contributed by atoms with van der Waals surface area (Å²) in [7, 11) is 0. The van der Waals surface area contributed by atoms with E-state index in [4.69, 9.17) is 0 Å². The Labute approximate surface area is 161 Å². The Balaban J connectivity index is 1.50. The molecule has 3 rings (SSSR count). The van der Waals surface area contributed by atoms with Crippen LogP contribution in [0.5, 0.6) is 0 Å². The van der Waals surface area contributed by atoms with Crippen molar-refractivity contribution in [2.45, 2.75) is 51.9 Å². The zero-order valence-electron chi connectivity index (χ0n) is 16.2. The molecule has 0 radical (unpaired) electrons. The maximum absolute atomic E-state index is 12.2. The second kappa shape index (κ2) is 9.31. The van der Waals surface area contributed by atoms with Crippen molar-refractivity contribution in [3.8, 4) is 0 Å². The lowest BCUT2D eigenvalue weighted by molar-refractivity contribution is 0.0948. The molecule has 2 aromatic rings. The van der Waals surface area contributed by atoms with Crippen LogP contribution in [0.15, 0.2) is 48.3 Å². The molecule has 27 heavy (non-hydrogen) atoms. The molecule has 142 valence electrons. The summed E-state index contributed by atoms with van der Waals surface area (Å²) in [5.41, 5.74) is 4.04. The van der Waals surface area contributed by atoms with Gasteiger partial charge >= 0.3 is 0 Å². The summed E-state index contributed by atoms with van der Waals surface area (Å²) in [6, 6.07) is 8.25. The first-order valence-electron chi connectivity index (χ1n) is 9.77. The van der Waals surface area contributed by atoms with Crippen molar-refractivity contribution in [3.05, 3.63) is 59.6 Å². The first-order valence-corrected chi connectivity index (χ1v) is 9.77. The van der Waals surface area contributed by atoms with Gasteiger partial charge in [-0.15, -0.1) is 0 Å². The fraction of sp³-hybridized carbons (Fsp3) is 0.409. The van der Waals surface area contributed by atoms with Gasteiger partial charge in [0, 0.05) is 12.2 Å². The van der Waals surface area contributed by atoms with Gasteiger partial charge < -0.3 is 10.6 Å². The molecular weight excluding hydrogens is 336 g/mol. The molecule has 1 aromatic heterocycles. The van der Waals surface area contributed by atoms with Gasteiger partial charge in [0.25, 0.3) is 5.91 Å². The van der Waals surface area contributed by atoms with Crippen LogP contribution in [0.25, 0.3) is 0 Å². The third-order valence-electron chi connectivity index (χ3n) is 4.85. The van der Waals surface area contributed by atoms with E-state index in [9.17, 15) is 4.79 Å². The molecule has 5 heteroatoms. The van der Waals surface area contributed by atoms with Crippen LogP contribution >= 0.6 is 0 Å². The normalized spacial score (nSPS) is 14.0. The van der Waals surface area contributed by atoms with Crippen LogP contribution in [0, 0.1) is 0 Å². The Bertz CT molecular complexity index is 779. The fourth-order valence-corrected chi connectivity index (χ4v) is 3.17. The lowest BCUT2D eigenvalue weighted by Crippen LogP contribution is -2.26. The minimum atomic E-state index is -0.174. The van der Waals surface area contributed by atoms with Crippen molar-refractivity contribution < 1.29 is 4.79 Å². The summed E-state index contributed by atoms with van der Waals surface area (Å²) in [6.07, 6.45) is 11.2. The van der Waals surface area contributed by atoms with E-state index in [-0.39, 0.29) is 5.91 Å². The minimum Gasteiger partial charge on any atom is -0.350 e. The number of carbonyl (C=O) groups excluding carboxylic acids is 1. The quantitative estimate of drug-likeness (QED) is 0.681. The Morgan fingerprint density at radius 2 is 1.93 bits per heavy atom. The average molecular weight is 364 g/mol. The minimum absolute atomic E-state index is 0.174. The van der Waals surface area contributed by atoms with E-state index in [0.29, 0.717) is 24.0 Å². The summed E-state index contributed by atoms with van der Waals surface area (Å²) < 4.78 is 0. The molecule has 0 bridgehead atoms. The van der Waals surface area contributed by atoms with Crippen LogP contribution in [0.3, 0.4) is 0 Å². The van der Waals surface area contributed by atoms with Gasteiger partial charge in [-0.2, -0.15) is 0 Å². The van der Waals surface area contributed by atoms with Crippen molar-refractivity contribution in [1.82, 2.24) is 15.3 Å². The first-order chi connectivity index (χ1) is 13.1. The van der Waals surface area contributed by atoms with Crippen LogP contribution in [0.1, 0.15) is 67.9 Å². The largest absolute Gasteiger partial charge is 0.350 e. The number of rotatable bonds is 7. The lowest BCUT2D eigenvalue weighted by Gasteiger charge is -2.12. The third-order valence-corrected chi connectivity index (χ3v) is 4.85. The molecule has 1 aliphatic rings. The standard InChI is InChI=1S/C22H28N4O/c1-16(2)18-8-10-19(11-9-18)26-21-15-24-20(14-25-21)22(27)23-13-12-17-6-4-3-5-7-17/h6,8-11,14-16H,3-5,7,12-13H2,1-2H3,(H,23,27)(H,25,26). The SMILES string of the molecule is CC(C)c1ccc(Nc2cnc(C(=O)NCCC3=CCCCC3)cn2)cc1. The first kappa shape index (κ1) is 19.1. The average Bonchev–Trinajstić information content (AvgIpc) is 2.70. The van der Waals surface area contributed by atoms with Crippen molar-refractivity contribution >= 4 is 17.4 Å². The predicted molar refractivity (Wildman–Crippen MR) is 109 cm³/mol. The van der Waals surface area contributed by atoms with Gasteiger partial charge in [-0.1, -0.05) is 37.6 Å². The monoisotopic (exact) mass is 364 g/mol. The molecule has 5 nitrogen and oxygen atoms in total. The third kappa shape index (κ3) is 5.64. The number of aromatic nitrogens is 2. The Morgan fingerprint density at radius 1 is 1.11 bits per heavy atom. The second-order valence-corrected chi connectivity index (χ2v) is 7.30. The number of allylic oxidation sites excluding steroid dienone is 1. The van der Waals surface area contributed by atoms with Crippen LogP contribution in [0.2, 0.25) is 0 Å². The lowest BCUT2D eigenvalue weighted by atomic mass is 9.97. The molecule has 0 aliphatic heterocycles. The molecule has 1 aromatic carbocycles. The van der Waals surface area contributed by atoms with Crippen molar-refractivity contribution in [2.24, 2.45) is 0 Å². The van der Waals surface area contributed by atoms with Crippen LogP contribution in [-0.2, 0) is 0 Å². The highest BCUT2D eigenvalue weighted by Gasteiger charge is 2.09. The molecule has 0 spiro atoms. The van der Waals surface area contributed by atoms with Gasteiger partial charge in [0.15, 0.2) is 0 Å². The number of benzene rings is 1. The molecule has 2 N–H and O–H groups in total. The van der Waals surface area contributed by atoms with E-state index in [2.05, 4.69) is 52.7 Å². The van der Waals surface area contributed by atoms with Gasteiger partial charge in [0.2, 0.25) is 0 Å². The number of nitrogens with one attached hydrogen (secondary N) is 2. The molecule has 0 fully saturated rings. The summed E-state index contributed by atoms with van der Waals surface area (Å²) in [5, 5.41) is 6.14. The van der Waals surface area contributed by atoms with Gasteiger partial charge in [-0.05, 0) is 55.7 Å². The van der Waals surface area contributed by atoms with E-state index >= 15 is 0 Å². The molecule has 0 saturated carbocycles. The van der Waals surface area contributed by atoms with E-state index < -0.39 is 0 Å². The summed E-state index contributed by atoms with van der Waals surface area (Å²) >= 11 is 0. The number of nitrogens with zero attached hydrogens (tertiary/aromatic N) is 2.